The molecule has 2 aromatic carbocycles. The number of nitrogens with zero attached hydrogens (tertiary/aromatic N) is 2. The molecule has 0 radical (unpaired) electrons. The molecule has 1 unspecified atom stereocenters. The van der Waals surface area contributed by atoms with Crippen LogP contribution in [0.25, 0.3) is 0 Å². The average molecular weight is 361 g/mol. The Balaban J connectivity index is 1.63. The summed E-state index contributed by atoms with van der Waals surface area (Å²) in [5, 5.41) is 12.5. The van der Waals surface area contributed by atoms with Crippen molar-refractivity contribution in [3.05, 3.63) is 59.9 Å². The molecule has 0 aliphatic rings. The third kappa shape index (κ3) is 4.24. The van der Waals surface area contributed by atoms with Crippen molar-refractivity contribution in [1.29, 1.82) is 0 Å². The van der Waals surface area contributed by atoms with Crippen LogP contribution in [0.5, 0.6) is 5.75 Å². The fraction of sp³-hybridized carbons (Fsp3) is 0.176. The van der Waals surface area contributed by atoms with E-state index in [4.69, 9.17) is 4.74 Å². The predicted octanol–water partition coefficient (Wildman–Crippen LogP) is 5.28. The molecule has 0 amide bonds. The van der Waals surface area contributed by atoms with E-state index in [1.54, 1.807) is 31.0 Å². The summed E-state index contributed by atoms with van der Waals surface area (Å²) in [7, 11) is 1.64. The van der Waals surface area contributed by atoms with Crippen LogP contribution in [0.3, 0.4) is 0 Å². The number of benzene rings is 2. The van der Waals surface area contributed by atoms with Crippen molar-refractivity contribution in [3.63, 3.8) is 0 Å². The van der Waals surface area contributed by atoms with Gasteiger partial charge in [0.2, 0.25) is 5.13 Å². The van der Waals surface area contributed by atoms with E-state index < -0.39 is 0 Å². The van der Waals surface area contributed by atoms with Crippen molar-refractivity contribution in [2.75, 3.05) is 12.4 Å². The normalized spacial score (nSPS) is 12.0. The van der Waals surface area contributed by atoms with Crippen molar-refractivity contribution >= 4 is 33.9 Å². The van der Waals surface area contributed by atoms with E-state index in [9.17, 15) is 4.39 Å². The summed E-state index contributed by atoms with van der Waals surface area (Å²) < 4.78 is 19.0. The molecule has 1 heterocycles. The molecule has 4 nitrogen and oxygen atoms in total. The molecule has 0 aliphatic heterocycles. The van der Waals surface area contributed by atoms with Crippen LogP contribution in [0.1, 0.15) is 17.7 Å². The third-order valence-corrected chi connectivity index (χ3v) is 5.45. The Morgan fingerprint density at radius 1 is 1.08 bits per heavy atom. The lowest BCUT2D eigenvalue weighted by molar-refractivity contribution is 0.415. The van der Waals surface area contributed by atoms with Gasteiger partial charge in [0.25, 0.3) is 0 Å². The van der Waals surface area contributed by atoms with Gasteiger partial charge in [0, 0.05) is 10.9 Å². The predicted molar refractivity (Wildman–Crippen MR) is 96.9 cm³/mol. The summed E-state index contributed by atoms with van der Waals surface area (Å²) >= 11 is 3.09. The number of rotatable bonds is 6. The first-order chi connectivity index (χ1) is 11.6. The first kappa shape index (κ1) is 16.7. The molecule has 124 valence electrons. The van der Waals surface area contributed by atoms with Gasteiger partial charge in [-0.25, -0.2) is 4.39 Å². The minimum absolute atomic E-state index is 0.174. The molecule has 1 atom stereocenters. The molecular weight excluding hydrogens is 345 g/mol. The van der Waals surface area contributed by atoms with Crippen LogP contribution in [-0.4, -0.2) is 17.3 Å². The van der Waals surface area contributed by atoms with Gasteiger partial charge in [0.1, 0.15) is 11.6 Å². The smallest absolute Gasteiger partial charge is 0.210 e. The first-order valence-electron chi connectivity index (χ1n) is 7.31. The summed E-state index contributed by atoms with van der Waals surface area (Å²) in [5.74, 6) is 0.583. The van der Waals surface area contributed by atoms with Gasteiger partial charge in [-0.15, -0.1) is 10.2 Å². The quantitative estimate of drug-likeness (QED) is 0.605. The number of anilines is 2. The highest BCUT2D eigenvalue weighted by molar-refractivity contribution is 8.01. The lowest BCUT2D eigenvalue weighted by Gasteiger charge is -2.08. The van der Waals surface area contributed by atoms with Crippen LogP contribution in [0.15, 0.2) is 52.9 Å². The summed E-state index contributed by atoms with van der Waals surface area (Å²) in [4.78, 5) is 0. The maximum absolute atomic E-state index is 13.0. The van der Waals surface area contributed by atoms with Crippen LogP contribution >= 0.6 is 23.1 Å². The Hall–Kier alpha value is -2.12. The van der Waals surface area contributed by atoms with Crippen molar-refractivity contribution in [2.45, 2.75) is 16.5 Å². The number of halogens is 1. The number of thioether (sulfide) groups is 1. The largest absolute Gasteiger partial charge is 0.497 e. The molecule has 0 saturated carbocycles. The van der Waals surface area contributed by atoms with Crippen LogP contribution in [-0.2, 0) is 0 Å². The fourth-order valence-corrected chi connectivity index (χ4v) is 4.10. The SMILES string of the molecule is COc1ccc(Nc2nnc(SC(C)c3ccc(F)cc3)s2)cc1. The highest BCUT2D eigenvalue weighted by Gasteiger charge is 2.12. The van der Waals surface area contributed by atoms with Gasteiger partial charge in [0.05, 0.1) is 7.11 Å². The van der Waals surface area contributed by atoms with E-state index in [-0.39, 0.29) is 11.1 Å². The van der Waals surface area contributed by atoms with Crippen molar-refractivity contribution in [2.24, 2.45) is 0 Å². The van der Waals surface area contributed by atoms with Gasteiger partial charge in [-0.1, -0.05) is 35.2 Å². The zero-order valence-corrected chi connectivity index (χ0v) is 14.8. The number of nitrogens with one attached hydrogen (secondary N) is 1. The van der Waals surface area contributed by atoms with E-state index in [2.05, 4.69) is 22.4 Å². The molecule has 0 spiro atoms. The Morgan fingerprint density at radius 2 is 1.79 bits per heavy atom. The van der Waals surface area contributed by atoms with Gasteiger partial charge >= 0.3 is 0 Å². The molecular formula is C17H16FN3OS2. The minimum Gasteiger partial charge on any atom is -0.497 e. The van der Waals surface area contributed by atoms with Gasteiger partial charge in [-0.05, 0) is 48.9 Å². The van der Waals surface area contributed by atoms with E-state index in [1.165, 1.54) is 23.5 Å². The molecule has 1 aromatic heterocycles. The summed E-state index contributed by atoms with van der Waals surface area (Å²) in [6, 6.07) is 14.2. The van der Waals surface area contributed by atoms with Gasteiger partial charge in [-0.2, -0.15) is 0 Å². The van der Waals surface area contributed by atoms with Crippen molar-refractivity contribution < 1.29 is 9.13 Å². The second-order valence-corrected chi connectivity index (χ2v) is 7.60. The highest BCUT2D eigenvalue weighted by atomic mass is 32.2. The van der Waals surface area contributed by atoms with Crippen molar-refractivity contribution in [1.82, 2.24) is 10.2 Å². The summed E-state index contributed by atoms with van der Waals surface area (Å²) in [6.45, 7) is 2.07. The Morgan fingerprint density at radius 3 is 2.46 bits per heavy atom. The maximum Gasteiger partial charge on any atom is 0.210 e. The topological polar surface area (TPSA) is 47.0 Å². The maximum atomic E-state index is 13.0. The fourth-order valence-electron chi connectivity index (χ4n) is 2.06. The van der Waals surface area contributed by atoms with E-state index in [0.29, 0.717) is 0 Å². The summed E-state index contributed by atoms with van der Waals surface area (Å²) in [6.07, 6.45) is 0. The molecule has 7 heteroatoms. The van der Waals surface area contributed by atoms with Crippen LogP contribution < -0.4 is 10.1 Å². The first-order valence-corrected chi connectivity index (χ1v) is 9.00. The number of hydrogen-bond acceptors (Lipinski definition) is 6. The minimum atomic E-state index is -0.224. The zero-order valence-electron chi connectivity index (χ0n) is 13.2. The number of hydrogen-bond donors (Lipinski definition) is 1. The standard InChI is InChI=1S/C17H16FN3OS2/c1-11(12-3-5-13(18)6-4-12)23-17-21-20-16(24-17)19-14-7-9-15(22-2)10-8-14/h3-11H,1-2H3,(H,19,20). The molecule has 3 aromatic rings. The third-order valence-electron chi connectivity index (χ3n) is 3.36. The highest BCUT2D eigenvalue weighted by Crippen LogP contribution is 2.37. The molecule has 0 saturated heterocycles. The van der Waals surface area contributed by atoms with Gasteiger partial charge < -0.3 is 10.1 Å². The molecule has 0 bridgehead atoms. The van der Waals surface area contributed by atoms with Gasteiger partial charge in [0.15, 0.2) is 4.34 Å². The molecule has 0 aliphatic carbocycles. The monoisotopic (exact) mass is 361 g/mol. The lowest BCUT2D eigenvalue weighted by Crippen LogP contribution is -1.89. The number of aromatic nitrogens is 2. The van der Waals surface area contributed by atoms with Gasteiger partial charge in [-0.3, -0.25) is 0 Å². The number of methoxy groups -OCH3 is 1. The second kappa shape index (κ2) is 7.63. The van der Waals surface area contributed by atoms with Crippen LogP contribution in [0.2, 0.25) is 0 Å². The zero-order chi connectivity index (χ0) is 16.9. The van der Waals surface area contributed by atoms with E-state index in [0.717, 1.165) is 26.5 Å². The Kier molecular flexibility index (Phi) is 5.32. The molecule has 24 heavy (non-hydrogen) atoms. The number of ether oxygens (including phenoxy) is 1. The molecule has 0 fully saturated rings. The van der Waals surface area contributed by atoms with E-state index >= 15 is 0 Å². The molecule has 3 rings (SSSR count). The van der Waals surface area contributed by atoms with Crippen LogP contribution in [0, 0.1) is 5.82 Å². The average Bonchev–Trinajstić information content (AvgIpc) is 3.03. The van der Waals surface area contributed by atoms with Crippen molar-refractivity contribution in [3.8, 4) is 5.75 Å². The van der Waals surface area contributed by atoms with E-state index in [1.807, 2.05) is 24.3 Å². The molecule has 1 N–H and O–H groups in total. The van der Waals surface area contributed by atoms with Crippen LogP contribution in [0.4, 0.5) is 15.2 Å². The second-order valence-electron chi connectivity index (χ2n) is 5.04. The Bertz CT molecular complexity index is 790. The summed E-state index contributed by atoms with van der Waals surface area (Å²) in [5.41, 5.74) is 1.98. The lowest BCUT2D eigenvalue weighted by atomic mass is 10.2. The Labute approximate surface area is 148 Å².